The Hall–Kier alpha value is -2.59. The number of hydrogen-bond acceptors (Lipinski definition) is 3. The average molecular weight is 366 g/mol. The fraction of sp³-hybridized carbons (Fsp3) is 0.182. The van der Waals surface area contributed by atoms with Crippen molar-refractivity contribution in [3.05, 3.63) is 72.3 Å². The van der Waals surface area contributed by atoms with Gasteiger partial charge in [0, 0.05) is 11.8 Å². The van der Waals surface area contributed by atoms with Crippen LogP contribution in [0.2, 0.25) is 0 Å². The quantitative estimate of drug-likeness (QED) is 0.686. The first kappa shape index (κ1) is 18.2. The lowest BCUT2D eigenvalue weighted by atomic mass is 9.92. The minimum Gasteiger partial charge on any atom is -0.507 e. The number of phenols is 1. The number of aromatic hydroxyl groups is 1. The smallest absolute Gasteiger partial charge is 0.175 e. The second-order valence-electron chi connectivity index (χ2n) is 6.77. The molecule has 1 N–H and O–H groups in total. The van der Waals surface area contributed by atoms with Crippen LogP contribution in [0.25, 0.3) is 22.3 Å². The molecule has 0 aliphatic rings. The Bertz CT molecular complexity index is 1020. The van der Waals surface area contributed by atoms with Gasteiger partial charge in [-0.2, -0.15) is 0 Å². The van der Waals surface area contributed by atoms with Gasteiger partial charge in [-0.25, -0.2) is 8.42 Å². The van der Waals surface area contributed by atoms with Gasteiger partial charge in [-0.05, 0) is 46.4 Å². The maximum atomic E-state index is 11.7. The van der Waals surface area contributed by atoms with Gasteiger partial charge in [0.2, 0.25) is 0 Å². The van der Waals surface area contributed by atoms with Crippen LogP contribution in [0.3, 0.4) is 0 Å². The van der Waals surface area contributed by atoms with Crippen molar-refractivity contribution >= 4 is 9.84 Å². The van der Waals surface area contributed by atoms with Crippen molar-refractivity contribution in [3.8, 4) is 28.0 Å². The molecule has 3 rings (SSSR count). The van der Waals surface area contributed by atoms with Gasteiger partial charge in [0.25, 0.3) is 0 Å². The predicted molar refractivity (Wildman–Crippen MR) is 106 cm³/mol. The molecule has 0 bridgehead atoms. The summed E-state index contributed by atoms with van der Waals surface area (Å²) in [6, 6.07) is 20.3. The van der Waals surface area contributed by atoms with Crippen molar-refractivity contribution in [2.45, 2.75) is 24.7 Å². The SMILES string of the molecule is CC(C)c1ccc(-c2c(O)cccc2-c2ccc(S(C)(=O)=O)cc2)cc1. The molecule has 134 valence electrons. The van der Waals surface area contributed by atoms with E-state index in [0.717, 1.165) is 22.3 Å². The standard InChI is InChI=1S/C22H22O3S/c1-15(2)16-7-9-18(10-8-16)22-20(5-4-6-21(22)23)17-11-13-19(14-12-17)26(3,24)25/h4-15,23H,1-3H3. The van der Waals surface area contributed by atoms with Crippen LogP contribution < -0.4 is 0 Å². The molecule has 0 aliphatic carbocycles. The van der Waals surface area contributed by atoms with E-state index in [4.69, 9.17) is 0 Å². The lowest BCUT2D eigenvalue weighted by molar-refractivity contribution is 0.477. The molecule has 0 heterocycles. The van der Waals surface area contributed by atoms with Crippen LogP contribution in [-0.4, -0.2) is 19.8 Å². The summed E-state index contributed by atoms with van der Waals surface area (Å²) < 4.78 is 23.3. The molecule has 0 fully saturated rings. The minimum absolute atomic E-state index is 0.201. The van der Waals surface area contributed by atoms with Crippen LogP contribution in [0, 0.1) is 0 Å². The molecule has 3 nitrogen and oxygen atoms in total. The zero-order chi connectivity index (χ0) is 18.9. The molecule has 0 aromatic heterocycles. The first-order chi connectivity index (χ1) is 12.3. The van der Waals surface area contributed by atoms with E-state index in [1.54, 1.807) is 36.4 Å². The van der Waals surface area contributed by atoms with E-state index < -0.39 is 9.84 Å². The van der Waals surface area contributed by atoms with Crippen LogP contribution in [0.15, 0.2) is 71.6 Å². The Morgan fingerprint density at radius 2 is 1.38 bits per heavy atom. The van der Waals surface area contributed by atoms with Crippen molar-refractivity contribution in [3.63, 3.8) is 0 Å². The lowest BCUT2D eigenvalue weighted by Crippen LogP contribution is -1.96. The summed E-state index contributed by atoms with van der Waals surface area (Å²) in [6.45, 7) is 4.29. The van der Waals surface area contributed by atoms with E-state index in [0.29, 0.717) is 5.92 Å². The van der Waals surface area contributed by atoms with E-state index in [-0.39, 0.29) is 10.6 Å². The molecule has 4 heteroatoms. The van der Waals surface area contributed by atoms with Crippen molar-refractivity contribution in [1.29, 1.82) is 0 Å². The van der Waals surface area contributed by atoms with Crippen LogP contribution in [0.4, 0.5) is 0 Å². The van der Waals surface area contributed by atoms with Crippen molar-refractivity contribution in [1.82, 2.24) is 0 Å². The predicted octanol–water partition coefficient (Wildman–Crippen LogP) is 5.25. The fourth-order valence-corrected chi connectivity index (χ4v) is 3.63. The maximum Gasteiger partial charge on any atom is 0.175 e. The highest BCUT2D eigenvalue weighted by atomic mass is 32.2. The topological polar surface area (TPSA) is 54.4 Å². The van der Waals surface area contributed by atoms with E-state index in [1.807, 2.05) is 18.2 Å². The van der Waals surface area contributed by atoms with E-state index >= 15 is 0 Å². The van der Waals surface area contributed by atoms with Crippen molar-refractivity contribution < 1.29 is 13.5 Å². The van der Waals surface area contributed by atoms with Gasteiger partial charge in [0.15, 0.2) is 9.84 Å². The molecule has 26 heavy (non-hydrogen) atoms. The molecule has 0 unspecified atom stereocenters. The Balaban J connectivity index is 2.11. The molecule has 0 spiro atoms. The second-order valence-corrected chi connectivity index (χ2v) is 8.79. The molecular weight excluding hydrogens is 344 g/mol. The number of phenolic OH excluding ortho intramolecular Hbond substituents is 1. The largest absolute Gasteiger partial charge is 0.507 e. The highest BCUT2D eigenvalue weighted by molar-refractivity contribution is 7.90. The van der Waals surface area contributed by atoms with Gasteiger partial charge < -0.3 is 5.11 Å². The van der Waals surface area contributed by atoms with Gasteiger partial charge >= 0.3 is 0 Å². The third-order valence-corrected chi connectivity index (χ3v) is 5.63. The number of rotatable bonds is 4. The Kier molecular flexibility index (Phi) is 4.88. The maximum absolute atomic E-state index is 11.7. The number of benzene rings is 3. The van der Waals surface area contributed by atoms with E-state index in [1.165, 1.54) is 11.8 Å². The Morgan fingerprint density at radius 3 is 1.92 bits per heavy atom. The van der Waals surface area contributed by atoms with Gasteiger partial charge in [0.1, 0.15) is 5.75 Å². The molecule has 0 amide bonds. The summed E-state index contributed by atoms with van der Waals surface area (Å²) in [5, 5.41) is 10.5. The molecule has 3 aromatic rings. The molecule has 0 saturated heterocycles. The summed E-state index contributed by atoms with van der Waals surface area (Å²) in [7, 11) is -3.23. The lowest BCUT2D eigenvalue weighted by Gasteiger charge is -2.14. The van der Waals surface area contributed by atoms with Gasteiger partial charge in [0.05, 0.1) is 4.90 Å². The molecular formula is C22H22O3S. The van der Waals surface area contributed by atoms with E-state index in [9.17, 15) is 13.5 Å². The summed E-state index contributed by atoms with van der Waals surface area (Å²) in [5.41, 5.74) is 4.63. The Labute approximate surface area is 154 Å². The summed E-state index contributed by atoms with van der Waals surface area (Å²) >= 11 is 0. The summed E-state index contributed by atoms with van der Waals surface area (Å²) in [6.07, 6.45) is 1.19. The highest BCUT2D eigenvalue weighted by Crippen LogP contribution is 2.39. The molecule has 0 saturated carbocycles. The van der Waals surface area contributed by atoms with Gasteiger partial charge in [-0.1, -0.05) is 62.4 Å². The zero-order valence-corrected chi connectivity index (χ0v) is 15.9. The second kappa shape index (κ2) is 6.96. The molecule has 0 radical (unpaired) electrons. The van der Waals surface area contributed by atoms with Gasteiger partial charge in [-0.15, -0.1) is 0 Å². The van der Waals surface area contributed by atoms with Gasteiger partial charge in [-0.3, -0.25) is 0 Å². The first-order valence-corrected chi connectivity index (χ1v) is 10.4. The van der Waals surface area contributed by atoms with E-state index in [2.05, 4.69) is 26.0 Å². The summed E-state index contributed by atoms with van der Waals surface area (Å²) in [4.78, 5) is 0.282. The van der Waals surface area contributed by atoms with Crippen LogP contribution in [-0.2, 0) is 9.84 Å². The normalized spacial score (nSPS) is 11.7. The van der Waals surface area contributed by atoms with Crippen LogP contribution in [0.1, 0.15) is 25.3 Å². The van der Waals surface area contributed by atoms with Crippen molar-refractivity contribution in [2.24, 2.45) is 0 Å². The summed E-state index contributed by atoms with van der Waals surface area (Å²) in [5.74, 6) is 0.642. The molecule has 0 atom stereocenters. The first-order valence-electron chi connectivity index (χ1n) is 8.50. The molecule has 0 aliphatic heterocycles. The zero-order valence-electron chi connectivity index (χ0n) is 15.1. The molecule has 3 aromatic carbocycles. The minimum atomic E-state index is -3.23. The highest BCUT2D eigenvalue weighted by Gasteiger charge is 2.14. The average Bonchev–Trinajstić information content (AvgIpc) is 2.61. The number of sulfone groups is 1. The van der Waals surface area contributed by atoms with Crippen LogP contribution >= 0.6 is 0 Å². The fourth-order valence-electron chi connectivity index (χ4n) is 3.00. The third kappa shape index (κ3) is 3.65. The van der Waals surface area contributed by atoms with Crippen molar-refractivity contribution in [2.75, 3.05) is 6.26 Å². The third-order valence-electron chi connectivity index (χ3n) is 4.50. The number of hydrogen-bond donors (Lipinski definition) is 1. The monoisotopic (exact) mass is 366 g/mol. The van der Waals surface area contributed by atoms with Crippen LogP contribution in [0.5, 0.6) is 5.75 Å². The Morgan fingerprint density at radius 1 is 0.808 bits per heavy atom.